The van der Waals surface area contributed by atoms with Gasteiger partial charge in [0, 0.05) is 43.1 Å². The zero-order valence-corrected chi connectivity index (χ0v) is 12.3. The van der Waals surface area contributed by atoms with Gasteiger partial charge in [0.2, 0.25) is 0 Å². The lowest BCUT2D eigenvalue weighted by molar-refractivity contribution is 0.140. The number of benzene rings is 1. The van der Waals surface area contributed by atoms with Crippen molar-refractivity contribution in [2.75, 3.05) is 38.0 Å². The quantitative estimate of drug-likeness (QED) is 0.899. The molecule has 1 atom stereocenters. The number of hydrogen-bond donors (Lipinski definition) is 2. The number of pyridine rings is 1. The van der Waals surface area contributed by atoms with Gasteiger partial charge in [0.15, 0.2) is 0 Å². The molecule has 2 N–H and O–H groups in total. The highest BCUT2D eigenvalue weighted by molar-refractivity contribution is 5.84. The third-order valence-electron chi connectivity index (χ3n) is 4.65. The molecule has 21 heavy (non-hydrogen) atoms. The van der Waals surface area contributed by atoms with Crippen molar-refractivity contribution in [3.05, 3.63) is 36.7 Å². The molecule has 2 aliphatic heterocycles. The average molecular weight is 282 g/mol. The molecular formula is C17H22N4. The number of aromatic nitrogens is 1. The van der Waals surface area contributed by atoms with Gasteiger partial charge in [-0.3, -0.25) is 9.88 Å². The molecule has 0 spiro atoms. The number of rotatable bonds is 4. The molecule has 2 saturated heterocycles. The molecule has 4 rings (SSSR count). The highest BCUT2D eigenvalue weighted by atomic mass is 15.2. The number of fused-ring (bicyclic) bond motifs is 1. The van der Waals surface area contributed by atoms with E-state index in [1.807, 2.05) is 12.4 Å². The van der Waals surface area contributed by atoms with Crippen molar-refractivity contribution in [2.45, 2.75) is 12.5 Å². The molecule has 2 aliphatic rings. The van der Waals surface area contributed by atoms with Crippen molar-refractivity contribution < 1.29 is 0 Å². The van der Waals surface area contributed by atoms with Gasteiger partial charge < -0.3 is 10.6 Å². The first-order chi connectivity index (χ1) is 10.4. The minimum Gasteiger partial charge on any atom is -0.380 e. The standard InChI is InChI=1S/C17H22N4/c1-2-16(7-14-4-6-19-9-15(1)14)20-17-11-21(12-17)10-13-3-5-18-8-13/h1-2,4,6-7,9,13,17-18,20H,3,5,8,10-12H2. The van der Waals surface area contributed by atoms with Gasteiger partial charge in [0.05, 0.1) is 6.04 Å². The molecule has 4 heteroatoms. The minimum absolute atomic E-state index is 0.596. The first-order valence-electron chi connectivity index (χ1n) is 7.90. The van der Waals surface area contributed by atoms with Crippen LogP contribution < -0.4 is 10.6 Å². The fourth-order valence-electron chi connectivity index (χ4n) is 3.45. The van der Waals surface area contributed by atoms with Crippen LogP contribution in [0.4, 0.5) is 5.69 Å². The maximum Gasteiger partial charge on any atom is 0.0515 e. The number of anilines is 1. The van der Waals surface area contributed by atoms with Crippen LogP contribution in [0.3, 0.4) is 0 Å². The van der Waals surface area contributed by atoms with E-state index in [4.69, 9.17) is 0 Å². The minimum atomic E-state index is 0.596. The number of nitrogens with zero attached hydrogens (tertiary/aromatic N) is 2. The van der Waals surface area contributed by atoms with Crippen LogP contribution >= 0.6 is 0 Å². The Morgan fingerprint density at radius 1 is 1.24 bits per heavy atom. The van der Waals surface area contributed by atoms with E-state index in [9.17, 15) is 0 Å². The number of nitrogens with one attached hydrogen (secondary N) is 2. The van der Waals surface area contributed by atoms with Gasteiger partial charge in [-0.05, 0) is 49.0 Å². The van der Waals surface area contributed by atoms with Crippen molar-refractivity contribution in [1.29, 1.82) is 0 Å². The summed E-state index contributed by atoms with van der Waals surface area (Å²) in [5.41, 5.74) is 1.22. The van der Waals surface area contributed by atoms with Crippen LogP contribution in [0.25, 0.3) is 10.8 Å². The molecule has 110 valence electrons. The summed E-state index contributed by atoms with van der Waals surface area (Å²) in [5, 5.41) is 9.55. The van der Waals surface area contributed by atoms with Crippen LogP contribution in [0, 0.1) is 5.92 Å². The monoisotopic (exact) mass is 282 g/mol. The van der Waals surface area contributed by atoms with Crippen molar-refractivity contribution in [3.63, 3.8) is 0 Å². The second kappa shape index (κ2) is 5.62. The SMILES string of the molecule is c1cc2cc(NC3CN(CC4CCNC4)C3)ccc2cn1. The van der Waals surface area contributed by atoms with Crippen LogP contribution in [-0.2, 0) is 0 Å². The van der Waals surface area contributed by atoms with E-state index in [1.54, 1.807) is 0 Å². The van der Waals surface area contributed by atoms with Gasteiger partial charge in [0.25, 0.3) is 0 Å². The highest BCUT2D eigenvalue weighted by Crippen LogP contribution is 2.22. The Morgan fingerprint density at radius 2 is 2.19 bits per heavy atom. The van der Waals surface area contributed by atoms with Gasteiger partial charge >= 0.3 is 0 Å². The van der Waals surface area contributed by atoms with Crippen molar-refractivity contribution >= 4 is 16.5 Å². The predicted molar refractivity (Wildman–Crippen MR) is 86.6 cm³/mol. The molecule has 4 nitrogen and oxygen atoms in total. The molecule has 1 aromatic carbocycles. The summed E-state index contributed by atoms with van der Waals surface area (Å²) in [6, 6.07) is 9.19. The summed E-state index contributed by atoms with van der Waals surface area (Å²) in [7, 11) is 0. The molecule has 2 aromatic rings. The molecule has 0 radical (unpaired) electrons. The maximum absolute atomic E-state index is 4.16. The van der Waals surface area contributed by atoms with Crippen molar-refractivity contribution in [2.24, 2.45) is 5.92 Å². The Hall–Kier alpha value is -1.65. The highest BCUT2D eigenvalue weighted by Gasteiger charge is 2.29. The average Bonchev–Trinajstić information content (AvgIpc) is 2.98. The van der Waals surface area contributed by atoms with E-state index in [2.05, 4.69) is 44.8 Å². The summed E-state index contributed by atoms with van der Waals surface area (Å²) in [6.45, 7) is 6.00. The number of hydrogen-bond acceptors (Lipinski definition) is 4. The van der Waals surface area contributed by atoms with E-state index in [-0.39, 0.29) is 0 Å². The van der Waals surface area contributed by atoms with Gasteiger partial charge in [-0.1, -0.05) is 6.07 Å². The fourth-order valence-corrected chi connectivity index (χ4v) is 3.45. The normalized spacial score (nSPS) is 23.3. The van der Waals surface area contributed by atoms with Gasteiger partial charge in [-0.25, -0.2) is 0 Å². The maximum atomic E-state index is 4.16. The second-order valence-corrected chi connectivity index (χ2v) is 6.36. The molecule has 0 saturated carbocycles. The van der Waals surface area contributed by atoms with Crippen LogP contribution in [0.2, 0.25) is 0 Å². The van der Waals surface area contributed by atoms with Gasteiger partial charge in [-0.2, -0.15) is 0 Å². The lowest BCUT2D eigenvalue weighted by Gasteiger charge is -2.41. The van der Waals surface area contributed by atoms with Gasteiger partial charge in [0.1, 0.15) is 0 Å². The number of likely N-dealkylation sites (tertiary alicyclic amines) is 1. The fraction of sp³-hybridized carbons (Fsp3) is 0.471. The molecule has 3 heterocycles. The summed E-state index contributed by atoms with van der Waals surface area (Å²) >= 11 is 0. The Morgan fingerprint density at radius 3 is 3.05 bits per heavy atom. The van der Waals surface area contributed by atoms with E-state index < -0.39 is 0 Å². The smallest absolute Gasteiger partial charge is 0.0515 e. The summed E-state index contributed by atoms with van der Waals surface area (Å²) < 4.78 is 0. The van der Waals surface area contributed by atoms with E-state index >= 15 is 0 Å². The summed E-state index contributed by atoms with van der Waals surface area (Å²) in [5.74, 6) is 0.860. The van der Waals surface area contributed by atoms with Crippen molar-refractivity contribution in [3.8, 4) is 0 Å². The largest absolute Gasteiger partial charge is 0.380 e. The Bertz CT molecular complexity index is 615. The summed E-state index contributed by atoms with van der Waals surface area (Å²) in [4.78, 5) is 6.73. The topological polar surface area (TPSA) is 40.2 Å². The van der Waals surface area contributed by atoms with Crippen molar-refractivity contribution in [1.82, 2.24) is 15.2 Å². The Kier molecular flexibility index (Phi) is 3.49. The molecule has 0 amide bonds. The van der Waals surface area contributed by atoms with Gasteiger partial charge in [-0.15, -0.1) is 0 Å². The van der Waals surface area contributed by atoms with E-state index in [0.717, 1.165) is 5.92 Å². The zero-order valence-electron chi connectivity index (χ0n) is 12.3. The van der Waals surface area contributed by atoms with Crippen LogP contribution in [0.15, 0.2) is 36.7 Å². The summed E-state index contributed by atoms with van der Waals surface area (Å²) in [6.07, 6.45) is 5.11. The predicted octanol–water partition coefficient (Wildman–Crippen LogP) is 1.94. The Balaban J connectivity index is 1.32. The first kappa shape index (κ1) is 13.0. The second-order valence-electron chi connectivity index (χ2n) is 6.36. The lowest BCUT2D eigenvalue weighted by Crippen LogP contribution is -2.56. The molecular weight excluding hydrogens is 260 g/mol. The van der Waals surface area contributed by atoms with Crippen LogP contribution in [0.5, 0.6) is 0 Å². The third-order valence-corrected chi connectivity index (χ3v) is 4.65. The molecule has 2 fully saturated rings. The Labute approximate surface area is 125 Å². The third kappa shape index (κ3) is 2.87. The molecule has 1 unspecified atom stereocenters. The zero-order chi connectivity index (χ0) is 14.1. The molecule has 1 aromatic heterocycles. The lowest BCUT2D eigenvalue weighted by atomic mass is 10.0. The molecule has 0 bridgehead atoms. The van der Waals surface area contributed by atoms with E-state index in [0.29, 0.717) is 6.04 Å². The van der Waals surface area contributed by atoms with E-state index in [1.165, 1.54) is 55.6 Å². The van der Waals surface area contributed by atoms with Crippen LogP contribution in [-0.4, -0.2) is 48.6 Å². The molecule has 0 aliphatic carbocycles. The van der Waals surface area contributed by atoms with Crippen LogP contribution in [0.1, 0.15) is 6.42 Å². The first-order valence-corrected chi connectivity index (χ1v) is 7.90.